The third-order valence-electron chi connectivity index (χ3n) is 5.18. The number of nitriles is 1. The number of hydrogen-bond acceptors (Lipinski definition) is 3. The van der Waals surface area contributed by atoms with Gasteiger partial charge in [-0.05, 0) is 49.9 Å². The van der Waals surface area contributed by atoms with Crippen molar-refractivity contribution in [2.45, 2.75) is 56.7 Å². The van der Waals surface area contributed by atoms with Gasteiger partial charge in [0.25, 0.3) is 5.91 Å². The minimum atomic E-state index is -0.619. The Morgan fingerprint density at radius 1 is 1.33 bits per heavy atom. The average molecular weight is 328 g/mol. The van der Waals surface area contributed by atoms with Gasteiger partial charge in [0.1, 0.15) is 17.8 Å². The number of nitrogens with zero attached hydrogens (tertiary/aromatic N) is 1. The third kappa shape index (κ3) is 4.07. The van der Waals surface area contributed by atoms with Crippen LogP contribution in [0.4, 0.5) is 0 Å². The maximum absolute atomic E-state index is 12.5. The SMILES string of the molecule is COc1ccc(C[NH+](CC(=O)NC2(C#N)CCCC2)C2CC2)cc1. The summed E-state index contributed by atoms with van der Waals surface area (Å²) in [5.74, 6) is 0.857. The summed E-state index contributed by atoms with van der Waals surface area (Å²) in [7, 11) is 1.66. The monoisotopic (exact) mass is 328 g/mol. The molecule has 2 saturated carbocycles. The van der Waals surface area contributed by atoms with Crippen LogP contribution in [0.2, 0.25) is 0 Å². The van der Waals surface area contributed by atoms with Crippen molar-refractivity contribution < 1.29 is 14.4 Å². The van der Waals surface area contributed by atoms with Crippen LogP contribution in [0.1, 0.15) is 44.1 Å². The van der Waals surface area contributed by atoms with E-state index in [0.717, 1.165) is 38.0 Å². The topological polar surface area (TPSA) is 66.6 Å². The number of quaternary nitrogens is 1. The Morgan fingerprint density at radius 2 is 2.00 bits per heavy atom. The summed E-state index contributed by atoms with van der Waals surface area (Å²) < 4.78 is 5.19. The summed E-state index contributed by atoms with van der Waals surface area (Å²) >= 11 is 0. The summed E-state index contributed by atoms with van der Waals surface area (Å²) in [5.41, 5.74) is 0.590. The lowest BCUT2D eigenvalue weighted by Crippen LogP contribution is -3.13. The van der Waals surface area contributed by atoms with Crippen molar-refractivity contribution >= 4 is 5.91 Å². The zero-order valence-corrected chi connectivity index (χ0v) is 14.3. The Morgan fingerprint density at radius 3 is 2.54 bits per heavy atom. The van der Waals surface area contributed by atoms with Gasteiger partial charge in [0, 0.05) is 18.4 Å². The molecular formula is C19H26N3O2+. The van der Waals surface area contributed by atoms with E-state index in [1.165, 1.54) is 23.3 Å². The van der Waals surface area contributed by atoms with Crippen LogP contribution < -0.4 is 15.0 Å². The Balaban J connectivity index is 1.59. The van der Waals surface area contributed by atoms with Crippen LogP contribution in [-0.4, -0.2) is 31.1 Å². The standard InChI is InChI=1S/C19H25N3O2/c1-24-17-8-4-15(5-9-17)12-22(16-6-7-16)13-18(23)21-19(14-20)10-2-3-11-19/h4-5,8-9,16H,2-3,6-7,10-13H2,1H3,(H,21,23)/p+1. The molecule has 1 amide bonds. The highest BCUT2D eigenvalue weighted by atomic mass is 16.5. The number of benzene rings is 1. The molecule has 0 saturated heterocycles. The lowest BCUT2D eigenvalue weighted by atomic mass is 10.00. The van der Waals surface area contributed by atoms with E-state index in [2.05, 4.69) is 23.5 Å². The highest BCUT2D eigenvalue weighted by Gasteiger charge is 2.38. The fraction of sp³-hybridized carbons (Fsp3) is 0.579. The first-order valence-electron chi connectivity index (χ1n) is 8.84. The molecular weight excluding hydrogens is 302 g/mol. The molecule has 2 fully saturated rings. The first kappa shape index (κ1) is 16.8. The van der Waals surface area contributed by atoms with Gasteiger partial charge < -0.3 is 15.0 Å². The van der Waals surface area contributed by atoms with Gasteiger partial charge in [-0.3, -0.25) is 4.79 Å². The number of carbonyl (C=O) groups excluding carboxylic acids is 1. The number of hydrogen-bond donors (Lipinski definition) is 2. The molecule has 3 rings (SSSR count). The van der Waals surface area contributed by atoms with Crippen LogP contribution in [0, 0.1) is 11.3 Å². The number of methoxy groups -OCH3 is 1. The van der Waals surface area contributed by atoms with Gasteiger partial charge in [-0.15, -0.1) is 0 Å². The van der Waals surface area contributed by atoms with Gasteiger partial charge >= 0.3 is 0 Å². The molecule has 2 aliphatic carbocycles. The van der Waals surface area contributed by atoms with E-state index >= 15 is 0 Å². The maximum Gasteiger partial charge on any atom is 0.276 e. The molecule has 1 aromatic rings. The zero-order valence-electron chi connectivity index (χ0n) is 14.3. The number of ether oxygens (including phenoxy) is 1. The normalized spacial score (nSPS) is 20.2. The molecule has 24 heavy (non-hydrogen) atoms. The van der Waals surface area contributed by atoms with E-state index in [1.807, 2.05) is 12.1 Å². The van der Waals surface area contributed by atoms with E-state index in [1.54, 1.807) is 7.11 Å². The third-order valence-corrected chi connectivity index (χ3v) is 5.18. The molecule has 1 unspecified atom stereocenters. The van der Waals surface area contributed by atoms with Crippen molar-refractivity contribution in [1.82, 2.24) is 5.32 Å². The molecule has 0 bridgehead atoms. The number of carbonyl (C=O) groups is 1. The molecule has 128 valence electrons. The van der Waals surface area contributed by atoms with Crippen molar-refractivity contribution in [3.63, 3.8) is 0 Å². The minimum Gasteiger partial charge on any atom is -0.497 e. The van der Waals surface area contributed by atoms with Gasteiger partial charge in [-0.2, -0.15) is 5.26 Å². The van der Waals surface area contributed by atoms with E-state index in [4.69, 9.17) is 4.74 Å². The molecule has 0 aliphatic heterocycles. The Bertz CT molecular complexity index is 610. The lowest BCUT2D eigenvalue weighted by molar-refractivity contribution is -0.917. The van der Waals surface area contributed by atoms with Gasteiger partial charge in [0.15, 0.2) is 6.54 Å². The molecule has 0 radical (unpaired) electrons. The Hall–Kier alpha value is -2.06. The van der Waals surface area contributed by atoms with Crippen molar-refractivity contribution in [3.05, 3.63) is 29.8 Å². The van der Waals surface area contributed by atoms with Crippen molar-refractivity contribution in [3.8, 4) is 11.8 Å². The van der Waals surface area contributed by atoms with Gasteiger partial charge in [0.05, 0.1) is 19.2 Å². The van der Waals surface area contributed by atoms with Gasteiger partial charge in [-0.25, -0.2) is 0 Å². The lowest BCUT2D eigenvalue weighted by Gasteiger charge is -2.24. The van der Waals surface area contributed by atoms with E-state index < -0.39 is 5.54 Å². The molecule has 0 aromatic heterocycles. The summed E-state index contributed by atoms with van der Waals surface area (Å²) in [6, 6.07) is 11.0. The summed E-state index contributed by atoms with van der Waals surface area (Å²) in [4.78, 5) is 13.8. The molecule has 5 heteroatoms. The van der Waals surface area contributed by atoms with Crippen LogP contribution in [0.3, 0.4) is 0 Å². The van der Waals surface area contributed by atoms with E-state index in [0.29, 0.717) is 12.6 Å². The Kier molecular flexibility index (Phi) is 5.06. The molecule has 2 aliphatic rings. The van der Waals surface area contributed by atoms with E-state index in [9.17, 15) is 10.1 Å². The molecule has 2 N–H and O–H groups in total. The maximum atomic E-state index is 12.5. The Labute approximate surface area is 143 Å². The summed E-state index contributed by atoms with van der Waals surface area (Å²) in [6.45, 7) is 1.28. The second kappa shape index (κ2) is 7.23. The predicted octanol–water partition coefficient (Wildman–Crippen LogP) is 1.20. The molecule has 1 aromatic carbocycles. The first-order chi connectivity index (χ1) is 11.6. The fourth-order valence-electron chi connectivity index (χ4n) is 3.61. The van der Waals surface area contributed by atoms with Crippen molar-refractivity contribution in [2.75, 3.05) is 13.7 Å². The molecule has 5 nitrogen and oxygen atoms in total. The first-order valence-corrected chi connectivity index (χ1v) is 8.84. The summed E-state index contributed by atoms with van der Waals surface area (Å²) in [5, 5.41) is 12.4. The quantitative estimate of drug-likeness (QED) is 0.790. The smallest absolute Gasteiger partial charge is 0.276 e. The van der Waals surface area contributed by atoms with Crippen LogP contribution in [0.15, 0.2) is 24.3 Å². The van der Waals surface area contributed by atoms with Crippen LogP contribution in [0.25, 0.3) is 0 Å². The predicted molar refractivity (Wildman–Crippen MR) is 90.5 cm³/mol. The average Bonchev–Trinajstić information content (AvgIpc) is 3.35. The van der Waals surface area contributed by atoms with Crippen LogP contribution >= 0.6 is 0 Å². The number of amides is 1. The van der Waals surface area contributed by atoms with E-state index in [-0.39, 0.29) is 5.91 Å². The molecule has 1 atom stereocenters. The summed E-state index contributed by atoms with van der Waals surface area (Å²) in [6.07, 6.45) is 5.99. The van der Waals surface area contributed by atoms with Crippen LogP contribution in [0.5, 0.6) is 5.75 Å². The van der Waals surface area contributed by atoms with Gasteiger partial charge in [0.2, 0.25) is 0 Å². The number of nitrogens with one attached hydrogen (secondary N) is 2. The second-order valence-electron chi connectivity index (χ2n) is 7.08. The molecule has 0 spiro atoms. The van der Waals surface area contributed by atoms with Crippen molar-refractivity contribution in [1.29, 1.82) is 5.26 Å². The number of rotatable bonds is 7. The zero-order chi connectivity index (χ0) is 17.0. The fourth-order valence-corrected chi connectivity index (χ4v) is 3.61. The van der Waals surface area contributed by atoms with Crippen molar-refractivity contribution in [2.24, 2.45) is 0 Å². The van der Waals surface area contributed by atoms with Gasteiger partial charge in [-0.1, -0.05) is 0 Å². The molecule has 0 heterocycles. The highest BCUT2D eigenvalue weighted by Crippen LogP contribution is 2.28. The second-order valence-corrected chi connectivity index (χ2v) is 7.08. The highest BCUT2D eigenvalue weighted by molar-refractivity contribution is 5.78. The largest absolute Gasteiger partial charge is 0.497 e. The van der Waals surface area contributed by atoms with Crippen LogP contribution in [-0.2, 0) is 11.3 Å². The minimum absolute atomic E-state index is 0.00821.